The second-order valence-corrected chi connectivity index (χ2v) is 15.8. The SMILES string of the molecule is CC1(C)CC(CN2CCc3cc(Nc4ncc(C(F)(F)F)c(-c5cc6c(s5)C(=O)N(C5CC5)CCS6)n4)c(C4CC4)cc3C2)O1. The average molecular weight is 656 g/mol. The van der Waals surface area contributed by atoms with Gasteiger partial charge in [-0.2, -0.15) is 13.2 Å². The van der Waals surface area contributed by atoms with Gasteiger partial charge >= 0.3 is 6.18 Å². The number of hydrogen-bond donors (Lipinski definition) is 1. The molecule has 12 heteroatoms. The first kappa shape index (κ1) is 29.7. The van der Waals surface area contributed by atoms with Crippen LogP contribution in [-0.4, -0.2) is 68.8 Å². The molecule has 238 valence electrons. The Bertz CT molecular complexity index is 1660. The Kier molecular flexibility index (Phi) is 7.23. The summed E-state index contributed by atoms with van der Waals surface area (Å²) in [4.78, 5) is 27.9. The number of ether oxygens (including phenoxy) is 1. The van der Waals surface area contributed by atoms with E-state index in [1.165, 1.54) is 28.5 Å². The van der Waals surface area contributed by atoms with Crippen LogP contribution in [0, 0.1) is 0 Å². The number of aromatic nitrogens is 2. The van der Waals surface area contributed by atoms with E-state index in [-0.39, 0.29) is 35.3 Å². The van der Waals surface area contributed by atoms with Crippen molar-refractivity contribution in [2.45, 2.75) is 93.7 Å². The number of halogens is 3. The highest BCUT2D eigenvalue weighted by Gasteiger charge is 2.40. The molecule has 2 saturated carbocycles. The van der Waals surface area contributed by atoms with Crippen LogP contribution in [0.5, 0.6) is 0 Å². The molecule has 0 spiro atoms. The highest BCUT2D eigenvalue weighted by Crippen LogP contribution is 2.47. The van der Waals surface area contributed by atoms with Crippen molar-refractivity contribution in [3.8, 4) is 10.6 Å². The normalized spacial score (nSPS) is 23.3. The number of benzene rings is 1. The van der Waals surface area contributed by atoms with E-state index < -0.39 is 11.7 Å². The summed E-state index contributed by atoms with van der Waals surface area (Å²) in [6, 6.07) is 6.39. The zero-order valence-electron chi connectivity index (χ0n) is 25.4. The van der Waals surface area contributed by atoms with Crippen LogP contribution >= 0.6 is 23.1 Å². The number of carbonyl (C=O) groups is 1. The van der Waals surface area contributed by atoms with Crippen LogP contribution < -0.4 is 5.32 Å². The smallest absolute Gasteiger partial charge is 0.371 e. The minimum absolute atomic E-state index is 0.0196. The summed E-state index contributed by atoms with van der Waals surface area (Å²) >= 11 is 2.63. The van der Waals surface area contributed by atoms with Crippen LogP contribution in [0.25, 0.3) is 10.6 Å². The number of thiophene rings is 1. The highest BCUT2D eigenvalue weighted by molar-refractivity contribution is 7.99. The van der Waals surface area contributed by atoms with Gasteiger partial charge in [0.2, 0.25) is 5.95 Å². The van der Waals surface area contributed by atoms with Gasteiger partial charge in [-0.15, -0.1) is 23.1 Å². The van der Waals surface area contributed by atoms with E-state index in [0.29, 0.717) is 22.2 Å². The van der Waals surface area contributed by atoms with Crippen LogP contribution in [0.2, 0.25) is 0 Å². The molecule has 3 aromatic rings. The largest absolute Gasteiger partial charge is 0.420 e. The first-order valence-corrected chi connectivity index (χ1v) is 17.7. The van der Waals surface area contributed by atoms with E-state index in [4.69, 9.17) is 4.74 Å². The number of anilines is 2. The van der Waals surface area contributed by atoms with Crippen molar-refractivity contribution in [1.29, 1.82) is 0 Å². The summed E-state index contributed by atoms with van der Waals surface area (Å²) in [7, 11) is 0. The number of fused-ring (bicyclic) bond motifs is 2. The van der Waals surface area contributed by atoms with Crippen molar-refractivity contribution < 1.29 is 22.7 Å². The molecule has 7 nitrogen and oxygen atoms in total. The van der Waals surface area contributed by atoms with E-state index >= 15 is 0 Å². The molecule has 0 bridgehead atoms. The first-order valence-electron chi connectivity index (χ1n) is 15.9. The number of amides is 1. The molecule has 8 rings (SSSR count). The third-order valence-corrected chi connectivity index (χ3v) is 11.7. The summed E-state index contributed by atoms with van der Waals surface area (Å²) in [6.45, 7) is 7.66. The van der Waals surface area contributed by atoms with Crippen molar-refractivity contribution in [2.75, 3.05) is 30.7 Å². The Morgan fingerprint density at radius 1 is 1.11 bits per heavy atom. The van der Waals surface area contributed by atoms with Crippen molar-refractivity contribution >= 4 is 40.6 Å². The molecule has 1 aromatic carbocycles. The summed E-state index contributed by atoms with van der Waals surface area (Å²) in [6.07, 6.45) is 2.64. The number of alkyl halides is 3. The Morgan fingerprint density at radius 3 is 2.62 bits per heavy atom. The van der Waals surface area contributed by atoms with E-state index in [1.807, 2.05) is 4.90 Å². The lowest BCUT2D eigenvalue weighted by Crippen LogP contribution is -2.51. The van der Waals surface area contributed by atoms with Crippen LogP contribution in [0.3, 0.4) is 0 Å². The zero-order chi connectivity index (χ0) is 31.1. The Labute approximate surface area is 268 Å². The minimum Gasteiger partial charge on any atom is -0.371 e. The summed E-state index contributed by atoms with van der Waals surface area (Å²) < 4.78 is 48.8. The monoisotopic (exact) mass is 655 g/mol. The lowest BCUT2D eigenvalue weighted by atomic mass is 9.91. The molecule has 2 aromatic heterocycles. The van der Waals surface area contributed by atoms with Gasteiger partial charge in [0.15, 0.2) is 0 Å². The molecule has 5 aliphatic rings. The number of nitrogens with one attached hydrogen (secondary N) is 1. The highest BCUT2D eigenvalue weighted by atomic mass is 32.2. The fourth-order valence-corrected chi connectivity index (χ4v) is 9.31. The van der Waals surface area contributed by atoms with Crippen LogP contribution in [-0.2, 0) is 23.9 Å². The Morgan fingerprint density at radius 2 is 1.91 bits per heavy atom. The van der Waals surface area contributed by atoms with Gasteiger partial charge in [0, 0.05) is 61.2 Å². The van der Waals surface area contributed by atoms with Gasteiger partial charge in [-0.05, 0) is 80.7 Å². The standard InChI is InChI=1S/C33H36F3N5O2S2/c1-32(2)14-22(43-32)17-40-8-7-19-12-25(23(18-3-4-18)11-20(19)16-40)38-31-37-15-24(33(34,35)36)28(39-31)26-13-27-29(45-26)30(42)41(9-10-44-27)21-5-6-21/h11-13,15,18,21-22H,3-10,14,16-17H2,1-2H3,(H,37,38,39). The maximum Gasteiger partial charge on any atom is 0.420 e. The fraction of sp³-hybridized carbons (Fsp3) is 0.545. The Hall–Kier alpha value is -2.67. The van der Waals surface area contributed by atoms with E-state index in [2.05, 4.69) is 46.2 Å². The molecule has 1 unspecified atom stereocenters. The molecule has 5 heterocycles. The van der Waals surface area contributed by atoms with E-state index in [1.54, 1.807) is 6.07 Å². The predicted octanol–water partition coefficient (Wildman–Crippen LogP) is 7.48. The number of rotatable bonds is 7. The molecule has 1 N–H and O–H groups in total. The zero-order valence-corrected chi connectivity index (χ0v) is 27.0. The second-order valence-electron chi connectivity index (χ2n) is 13.6. The van der Waals surface area contributed by atoms with Gasteiger partial charge in [-0.25, -0.2) is 9.97 Å². The van der Waals surface area contributed by atoms with Gasteiger partial charge in [0.1, 0.15) is 10.4 Å². The van der Waals surface area contributed by atoms with Crippen molar-refractivity contribution in [3.63, 3.8) is 0 Å². The summed E-state index contributed by atoms with van der Waals surface area (Å²) in [5.41, 5.74) is 3.49. The summed E-state index contributed by atoms with van der Waals surface area (Å²) in [5, 5.41) is 3.32. The number of nitrogens with zero attached hydrogens (tertiary/aromatic N) is 4. The van der Waals surface area contributed by atoms with Crippen molar-refractivity contribution in [2.24, 2.45) is 0 Å². The number of thioether (sulfide) groups is 1. The summed E-state index contributed by atoms with van der Waals surface area (Å²) in [5.74, 6) is 1.19. The maximum absolute atomic E-state index is 14.2. The van der Waals surface area contributed by atoms with Crippen molar-refractivity contribution in [3.05, 3.63) is 51.5 Å². The topological polar surface area (TPSA) is 70.6 Å². The lowest BCUT2D eigenvalue weighted by molar-refractivity contribution is -0.191. The quantitative estimate of drug-likeness (QED) is 0.283. The van der Waals surface area contributed by atoms with Crippen LogP contribution in [0.15, 0.2) is 29.3 Å². The molecule has 3 fully saturated rings. The predicted molar refractivity (Wildman–Crippen MR) is 169 cm³/mol. The Balaban J connectivity index is 1.08. The first-order chi connectivity index (χ1) is 21.5. The van der Waals surface area contributed by atoms with Crippen LogP contribution in [0.1, 0.15) is 83.8 Å². The molecule has 3 aliphatic heterocycles. The fourth-order valence-electron chi connectivity index (χ4n) is 6.99. The average Bonchev–Trinajstić information content (AvgIpc) is 3.90. The van der Waals surface area contributed by atoms with Gasteiger partial charge in [-0.3, -0.25) is 9.69 Å². The molecule has 1 atom stereocenters. The van der Waals surface area contributed by atoms with Gasteiger partial charge < -0.3 is 15.0 Å². The van der Waals surface area contributed by atoms with Gasteiger partial charge in [0.05, 0.1) is 22.3 Å². The van der Waals surface area contributed by atoms with Crippen LogP contribution in [0.4, 0.5) is 24.8 Å². The minimum atomic E-state index is -4.64. The second kappa shape index (κ2) is 11.0. The molecule has 2 aliphatic carbocycles. The van der Waals surface area contributed by atoms with E-state index in [0.717, 1.165) is 92.0 Å². The molecule has 0 radical (unpaired) electrons. The van der Waals surface area contributed by atoms with Crippen molar-refractivity contribution in [1.82, 2.24) is 19.8 Å². The number of carbonyl (C=O) groups excluding carboxylic acids is 1. The lowest BCUT2D eigenvalue weighted by Gasteiger charge is -2.45. The third-order valence-electron chi connectivity index (χ3n) is 9.45. The number of hydrogen-bond acceptors (Lipinski definition) is 8. The maximum atomic E-state index is 14.2. The molecule has 1 saturated heterocycles. The molecular formula is C33H36F3N5O2S2. The van der Waals surface area contributed by atoms with E-state index in [9.17, 15) is 18.0 Å². The molecular weight excluding hydrogens is 620 g/mol. The van der Waals surface area contributed by atoms with Gasteiger partial charge in [0.25, 0.3) is 5.91 Å². The van der Waals surface area contributed by atoms with Gasteiger partial charge in [-0.1, -0.05) is 6.07 Å². The third kappa shape index (κ3) is 5.99. The molecule has 45 heavy (non-hydrogen) atoms. The molecule has 1 amide bonds.